The summed E-state index contributed by atoms with van der Waals surface area (Å²) in [5.41, 5.74) is 0. The largest absolute Gasteiger partial charge is 0.316 e. The summed E-state index contributed by atoms with van der Waals surface area (Å²) < 4.78 is 0. The number of hydrogen-bond donors (Lipinski definition) is 1. The standard InChI is InChI=1S/C9H17NS/c1-2-3-7-11-9-5-4-6-10-8-9/h2,9-10H,1,3-8H2. The lowest BCUT2D eigenvalue weighted by atomic mass is 10.2. The summed E-state index contributed by atoms with van der Waals surface area (Å²) in [7, 11) is 0. The maximum Gasteiger partial charge on any atom is 0.0173 e. The molecule has 0 bridgehead atoms. The Morgan fingerprint density at radius 2 is 2.55 bits per heavy atom. The number of thioether (sulfide) groups is 1. The third kappa shape index (κ3) is 3.82. The van der Waals surface area contributed by atoms with Crippen LogP contribution in [0.1, 0.15) is 19.3 Å². The van der Waals surface area contributed by atoms with E-state index in [1.807, 2.05) is 6.08 Å². The zero-order valence-corrected chi connectivity index (χ0v) is 7.83. The highest BCUT2D eigenvalue weighted by Crippen LogP contribution is 2.18. The van der Waals surface area contributed by atoms with Crippen LogP contribution in [0, 0.1) is 0 Å². The van der Waals surface area contributed by atoms with Gasteiger partial charge < -0.3 is 5.32 Å². The van der Waals surface area contributed by atoms with E-state index in [2.05, 4.69) is 23.7 Å². The average Bonchev–Trinajstić information content (AvgIpc) is 2.07. The zero-order chi connectivity index (χ0) is 7.94. The van der Waals surface area contributed by atoms with Gasteiger partial charge in [0.05, 0.1) is 0 Å². The lowest BCUT2D eigenvalue weighted by molar-refractivity contribution is 0.531. The van der Waals surface area contributed by atoms with Crippen LogP contribution in [0.3, 0.4) is 0 Å². The molecule has 1 rings (SSSR count). The number of nitrogens with one attached hydrogen (secondary N) is 1. The SMILES string of the molecule is C=CCCSC1CCCNC1. The Morgan fingerprint density at radius 3 is 3.18 bits per heavy atom. The molecule has 1 fully saturated rings. The van der Waals surface area contributed by atoms with Gasteiger partial charge in [-0.2, -0.15) is 11.8 Å². The summed E-state index contributed by atoms with van der Waals surface area (Å²) in [5.74, 6) is 1.25. The van der Waals surface area contributed by atoms with E-state index in [0.29, 0.717) is 0 Å². The van der Waals surface area contributed by atoms with E-state index in [1.54, 1.807) is 0 Å². The molecule has 0 aromatic heterocycles. The Bertz CT molecular complexity index is 108. The van der Waals surface area contributed by atoms with Crippen LogP contribution in [0.15, 0.2) is 12.7 Å². The molecule has 0 aromatic carbocycles. The van der Waals surface area contributed by atoms with Crippen molar-refractivity contribution in [2.45, 2.75) is 24.5 Å². The monoisotopic (exact) mass is 171 g/mol. The number of rotatable bonds is 4. The van der Waals surface area contributed by atoms with Gasteiger partial charge >= 0.3 is 0 Å². The predicted octanol–water partition coefficient (Wildman–Crippen LogP) is 2.05. The Balaban J connectivity index is 2.00. The van der Waals surface area contributed by atoms with Crippen molar-refractivity contribution in [3.63, 3.8) is 0 Å². The first-order valence-electron chi connectivity index (χ1n) is 4.36. The molecule has 64 valence electrons. The maximum absolute atomic E-state index is 3.71. The van der Waals surface area contributed by atoms with Crippen molar-refractivity contribution in [1.29, 1.82) is 0 Å². The minimum Gasteiger partial charge on any atom is -0.316 e. The van der Waals surface area contributed by atoms with E-state index in [0.717, 1.165) is 11.7 Å². The highest BCUT2D eigenvalue weighted by Gasteiger charge is 2.11. The van der Waals surface area contributed by atoms with Gasteiger partial charge in [0.25, 0.3) is 0 Å². The molecule has 0 saturated carbocycles. The van der Waals surface area contributed by atoms with E-state index in [-0.39, 0.29) is 0 Å². The van der Waals surface area contributed by atoms with Crippen LogP contribution in [0.25, 0.3) is 0 Å². The van der Waals surface area contributed by atoms with Crippen LogP contribution in [0.5, 0.6) is 0 Å². The van der Waals surface area contributed by atoms with Crippen molar-refractivity contribution in [2.75, 3.05) is 18.8 Å². The van der Waals surface area contributed by atoms with Gasteiger partial charge in [0.15, 0.2) is 0 Å². The van der Waals surface area contributed by atoms with Crippen LogP contribution in [-0.2, 0) is 0 Å². The van der Waals surface area contributed by atoms with E-state index in [1.165, 1.54) is 31.7 Å². The van der Waals surface area contributed by atoms with E-state index in [4.69, 9.17) is 0 Å². The fourth-order valence-electron chi connectivity index (χ4n) is 1.28. The topological polar surface area (TPSA) is 12.0 Å². The fraction of sp³-hybridized carbons (Fsp3) is 0.778. The van der Waals surface area contributed by atoms with Crippen molar-refractivity contribution in [3.8, 4) is 0 Å². The van der Waals surface area contributed by atoms with Gasteiger partial charge in [0.1, 0.15) is 0 Å². The van der Waals surface area contributed by atoms with Crippen LogP contribution in [-0.4, -0.2) is 24.1 Å². The molecule has 0 radical (unpaired) electrons. The second kappa shape index (κ2) is 5.67. The Kier molecular flexibility index (Phi) is 4.71. The minimum atomic E-state index is 0.865. The van der Waals surface area contributed by atoms with Crippen molar-refractivity contribution < 1.29 is 0 Å². The number of hydrogen-bond acceptors (Lipinski definition) is 2. The van der Waals surface area contributed by atoms with Gasteiger partial charge in [-0.05, 0) is 31.6 Å². The van der Waals surface area contributed by atoms with Crippen molar-refractivity contribution >= 4 is 11.8 Å². The molecule has 0 amide bonds. The van der Waals surface area contributed by atoms with Gasteiger partial charge in [0, 0.05) is 11.8 Å². The number of allylic oxidation sites excluding steroid dienone is 1. The second-order valence-corrected chi connectivity index (χ2v) is 4.32. The predicted molar refractivity (Wildman–Crippen MR) is 53.2 cm³/mol. The summed E-state index contributed by atoms with van der Waals surface area (Å²) in [6, 6.07) is 0. The lowest BCUT2D eigenvalue weighted by Gasteiger charge is -2.21. The van der Waals surface area contributed by atoms with Crippen LogP contribution < -0.4 is 5.32 Å². The molecular weight excluding hydrogens is 154 g/mol. The second-order valence-electron chi connectivity index (χ2n) is 2.92. The smallest absolute Gasteiger partial charge is 0.0173 e. The molecule has 1 atom stereocenters. The van der Waals surface area contributed by atoms with Crippen molar-refractivity contribution in [3.05, 3.63) is 12.7 Å². The molecule has 1 heterocycles. The molecule has 1 nitrogen and oxygen atoms in total. The molecule has 0 aliphatic carbocycles. The van der Waals surface area contributed by atoms with E-state index >= 15 is 0 Å². The highest BCUT2D eigenvalue weighted by atomic mass is 32.2. The first-order valence-corrected chi connectivity index (χ1v) is 5.41. The third-order valence-electron chi connectivity index (χ3n) is 1.93. The molecule has 1 aliphatic rings. The fourth-order valence-corrected chi connectivity index (χ4v) is 2.49. The van der Waals surface area contributed by atoms with Crippen molar-refractivity contribution in [2.24, 2.45) is 0 Å². The summed E-state index contributed by atoms with van der Waals surface area (Å²) in [6.07, 6.45) is 5.91. The van der Waals surface area contributed by atoms with Gasteiger partial charge in [-0.1, -0.05) is 6.08 Å². The quantitative estimate of drug-likeness (QED) is 0.513. The first kappa shape index (κ1) is 9.14. The van der Waals surface area contributed by atoms with Crippen LogP contribution >= 0.6 is 11.8 Å². The van der Waals surface area contributed by atoms with E-state index < -0.39 is 0 Å². The summed E-state index contributed by atoms with van der Waals surface area (Å²) in [6.45, 7) is 6.15. The van der Waals surface area contributed by atoms with Gasteiger partial charge in [-0.15, -0.1) is 6.58 Å². The van der Waals surface area contributed by atoms with Gasteiger partial charge in [-0.3, -0.25) is 0 Å². The Labute approximate surface area is 73.6 Å². The van der Waals surface area contributed by atoms with Gasteiger partial charge in [0.2, 0.25) is 0 Å². The normalized spacial score (nSPS) is 24.9. The molecule has 1 saturated heterocycles. The molecule has 1 aliphatic heterocycles. The lowest BCUT2D eigenvalue weighted by Crippen LogP contribution is -2.31. The summed E-state index contributed by atoms with van der Waals surface area (Å²) in [4.78, 5) is 0. The first-order chi connectivity index (χ1) is 5.43. The molecule has 11 heavy (non-hydrogen) atoms. The minimum absolute atomic E-state index is 0.865. The van der Waals surface area contributed by atoms with Crippen LogP contribution in [0.2, 0.25) is 0 Å². The van der Waals surface area contributed by atoms with Crippen molar-refractivity contribution in [1.82, 2.24) is 5.32 Å². The zero-order valence-electron chi connectivity index (χ0n) is 7.01. The average molecular weight is 171 g/mol. The summed E-state index contributed by atoms with van der Waals surface area (Å²) >= 11 is 2.09. The van der Waals surface area contributed by atoms with Crippen LogP contribution in [0.4, 0.5) is 0 Å². The maximum atomic E-state index is 3.71. The highest BCUT2D eigenvalue weighted by molar-refractivity contribution is 7.99. The Hall–Kier alpha value is 0.0500. The molecule has 2 heteroatoms. The summed E-state index contributed by atoms with van der Waals surface area (Å²) in [5, 5.41) is 4.28. The van der Waals surface area contributed by atoms with Gasteiger partial charge in [-0.25, -0.2) is 0 Å². The third-order valence-corrected chi connectivity index (χ3v) is 3.27. The molecule has 1 N–H and O–H groups in total. The molecule has 1 unspecified atom stereocenters. The molecule has 0 aromatic rings. The molecule has 0 spiro atoms. The number of piperidine rings is 1. The van der Waals surface area contributed by atoms with E-state index in [9.17, 15) is 0 Å². The molecular formula is C9H17NS. The Morgan fingerprint density at radius 1 is 1.64 bits per heavy atom.